The first kappa shape index (κ1) is 12.9. The number of carbonyl (C=O) groups is 1. The molecule has 98 valence electrons. The fourth-order valence-corrected chi connectivity index (χ4v) is 2.55. The number of aromatic hydroxyl groups is 1. The number of phenolic OH excluding ortho intramolecular Hbond substituents is 1. The van der Waals surface area contributed by atoms with Crippen molar-refractivity contribution in [1.29, 1.82) is 0 Å². The summed E-state index contributed by atoms with van der Waals surface area (Å²) in [7, 11) is 0. The number of likely N-dealkylation sites (tertiary alicyclic amines) is 1. The number of aliphatic hydroxyl groups excluding tert-OH is 1. The number of amides is 1. The van der Waals surface area contributed by atoms with Gasteiger partial charge in [0, 0.05) is 18.2 Å². The lowest BCUT2D eigenvalue weighted by Crippen LogP contribution is -2.37. The van der Waals surface area contributed by atoms with Crippen LogP contribution in [0.4, 0.5) is 0 Å². The van der Waals surface area contributed by atoms with Gasteiger partial charge in [-0.15, -0.1) is 0 Å². The molecule has 0 bridgehead atoms. The molecule has 2 atom stereocenters. The van der Waals surface area contributed by atoms with Crippen molar-refractivity contribution in [3.05, 3.63) is 29.8 Å². The molecule has 2 N–H and O–H groups in total. The Morgan fingerprint density at radius 2 is 2.33 bits per heavy atom. The maximum absolute atomic E-state index is 12.3. The summed E-state index contributed by atoms with van der Waals surface area (Å²) in [5.74, 6) is 0.0428. The van der Waals surface area contributed by atoms with Crippen LogP contribution in [0.5, 0.6) is 5.75 Å². The van der Waals surface area contributed by atoms with Crippen LogP contribution in [0, 0.1) is 0 Å². The standard InChI is InChI=1S/C14H19NO3/c1-10(16)8-12-5-3-7-15(12)14(18)11-4-2-6-13(17)9-11/h2,4,6,9-10,12,16-17H,3,5,7-8H2,1H3. The molecule has 1 aromatic rings. The Hall–Kier alpha value is -1.55. The average Bonchev–Trinajstić information content (AvgIpc) is 2.75. The molecule has 1 aliphatic rings. The van der Waals surface area contributed by atoms with E-state index in [4.69, 9.17) is 0 Å². The van der Waals surface area contributed by atoms with Gasteiger partial charge in [-0.3, -0.25) is 4.79 Å². The summed E-state index contributed by atoms with van der Waals surface area (Å²) in [6.45, 7) is 2.47. The van der Waals surface area contributed by atoms with E-state index >= 15 is 0 Å². The summed E-state index contributed by atoms with van der Waals surface area (Å²) < 4.78 is 0. The molecular formula is C14H19NO3. The van der Waals surface area contributed by atoms with E-state index in [-0.39, 0.29) is 17.7 Å². The lowest BCUT2D eigenvalue weighted by molar-refractivity contribution is 0.0681. The molecule has 1 aromatic carbocycles. The van der Waals surface area contributed by atoms with Crippen molar-refractivity contribution in [1.82, 2.24) is 4.90 Å². The predicted octanol–water partition coefficient (Wildman–Crippen LogP) is 1.77. The van der Waals surface area contributed by atoms with Gasteiger partial charge >= 0.3 is 0 Å². The van der Waals surface area contributed by atoms with Crippen LogP contribution in [-0.4, -0.2) is 39.7 Å². The number of aliphatic hydroxyl groups is 1. The van der Waals surface area contributed by atoms with Crippen molar-refractivity contribution in [3.63, 3.8) is 0 Å². The Morgan fingerprint density at radius 1 is 1.56 bits per heavy atom. The van der Waals surface area contributed by atoms with Crippen LogP contribution in [0.1, 0.15) is 36.5 Å². The molecule has 0 aromatic heterocycles. The third-order valence-corrected chi connectivity index (χ3v) is 3.34. The molecule has 2 rings (SSSR count). The van der Waals surface area contributed by atoms with Gasteiger partial charge in [0.2, 0.25) is 0 Å². The van der Waals surface area contributed by atoms with E-state index in [0.29, 0.717) is 12.0 Å². The summed E-state index contributed by atoms with van der Waals surface area (Å²) in [5.41, 5.74) is 0.507. The first-order valence-corrected chi connectivity index (χ1v) is 6.36. The van der Waals surface area contributed by atoms with Gasteiger partial charge in [0.05, 0.1) is 6.10 Å². The van der Waals surface area contributed by atoms with Crippen molar-refractivity contribution in [2.45, 2.75) is 38.3 Å². The van der Waals surface area contributed by atoms with Gasteiger partial charge in [-0.25, -0.2) is 0 Å². The third-order valence-electron chi connectivity index (χ3n) is 3.34. The van der Waals surface area contributed by atoms with E-state index < -0.39 is 6.10 Å². The summed E-state index contributed by atoms with van der Waals surface area (Å²) in [5, 5.41) is 18.9. The number of nitrogens with zero attached hydrogens (tertiary/aromatic N) is 1. The Bertz CT molecular complexity index is 431. The predicted molar refractivity (Wildman–Crippen MR) is 68.5 cm³/mol. The van der Waals surface area contributed by atoms with Crippen molar-refractivity contribution in [2.75, 3.05) is 6.54 Å². The molecule has 0 saturated carbocycles. The average molecular weight is 249 g/mol. The smallest absolute Gasteiger partial charge is 0.254 e. The van der Waals surface area contributed by atoms with Crippen LogP contribution in [0.3, 0.4) is 0 Å². The van der Waals surface area contributed by atoms with Crippen molar-refractivity contribution < 1.29 is 15.0 Å². The van der Waals surface area contributed by atoms with Gasteiger partial charge in [-0.05, 0) is 44.4 Å². The van der Waals surface area contributed by atoms with E-state index in [1.165, 1.54) is 6.07 Å². The molecular weight excluding hydrogens is 230 g/mol. The third kappa shape index (κ3) is 2.82. The van der Waals surface area contributed by atoms with Crippen LogP contribution < -0.4 is 0 Å². The zero-order valence-corrected chi connectivity index (χ0v) is 10.5. The topological polar surface area (TPSA) is 60.8 Å². The van der Waals surface area contributed by atoms with Crippen molar-refractivity contribution >= 4 is 5.91 Å². The van der Waals surface area contributed by atoms with Gasteiger partial charge in [0.25, 0.3) is 5.91 Å². The molecule has 4 heteroatoms. The molecule has 18 heavy (non-hydrogen) atoms. The van der Waals surface area contributed by atoms with E-state index in [0.717, 1.165) is 19.4 Å². The minimum Gasteiger partial charge on any atom is -0.508 e. The Labute approximate surface area is 107 Å². The summed E-state index contributed by atoms with van der Waals surface area (Å²) in [6, 6.07) is 6.52. The van der Waals surface area contributed by atoms with Crippen LogP contribution in [0.25, 0.3) is 0 Å². The van der Waals surface area contributed by atoms with E-state index in [1.807, 2.05) is 4.90 Å². The molecule has 0 aliphatic carbocycles. The minimum atomic E-state index is -0.396. The van der Waals surface area contributed by atoms with Crippen molar-refractivity contribution in [3.8, 4) is 5.75 Å². The highest BCUT2D eigenvalue weighted by molar-refractivity contribution is 5.95. The SMILES string of the molecule is CC(O)CC1CCCN1C(=O)c1cccc(O)c1. The minimum absolute atomic E-state index is 0.0611. The maximum atomic E-state index is 12.3. The van der Waals surface area contributed by atoms with E-state index in [9.17, 15) is 15.0 Å². The molecule has 1 heterocycles. The first-order chi connectivity index (χ1) is 8.58. The van der Waals surface area contributed by atoms with Crippen LogP contribution in [0.2, 0.25) is 0 Å². The molecule has 4 nitrogen and oxygen atoms in total. The lowest BCUT2D eigenvalue weighted by atomic mass is 10.1. The molecule has 1 aliphatic heterocycles. The largest absolute Gasteiger partial charge is 0.508 e. The second kappa shape index (κ2) is 5.40. The zero-order chi connectivity index (χ0) is 13.1. The van der Waals surface area contributed by atoms with E-state index in [1.54, 1.807) is 25.1 Å². The summed E-state index contributed by atoms with van der Waals surface area (Å²) >= 11 is 0. The number of carbonyl (C=O) groups excluding carboxylic acids is 1. The molecule has 2 unspecified atom stereocenters. The highest BCUT2D eigenvalue weighted by Gasteiger charge is 2.30. The van der Waals surface area contributed by atoms with Crippen LogP contribution >= 0.6 is 0 Å². The van der Waals surface area contributed by atoms with E-state index in [2.05, 4.69) is 0 Å². The first-order valence-electron chi connectivity index (χ1n) is 6.36. The highest BCUT2D eigenvalue weighted by Crippen LogP contribution is 2.24. The lowest BCUT2D eigenvalue weighted by Gasteiger charge is -2.25. The Balaban J connectivity index is 2.12. The fraction of sp³-hybridized carbons (Fsp3) is 0.500. The van der Waals surface area contributed by atoms with Gasteiger partial charge in [-0.2, -0.15) is 0 Å². The summed E-state index contributed by atoms with van der Waals surface area (Å²) in [6.07, 6.45) is 2.13. The molecule has 1 saturated heterocycles. The van der Waals surface area contributed by atoms with Gasteiger partial charge in [0.1, 0.15) is 5.75 Å². The number of rotatable bonds is 3. The van der Waals surface area contributed by atoms with Crippen molar-refractivity contribution in [2.24, 2.45) is 0 Å². The second-order valence-electron chi connectivity index (χ2n) is 4.93. The van der Waals surface area contributed by atoms with Gasteiger partial charge in [-0.1, -0.05) is 6.07 Å². The number of benzene rings is 1. The number of hydrogen-bond acceptors (Lipinski definition) is 3. The van der Waals surface area contributed by atoms with Crippen LogP contribution in [-0.2, 0) is 0 Å². The summed E-state index contributed by atoms with van der Waals surface area (Å²) in [4.78, 5) is 14.1. The normalized spacial score (nSPS) is 21.0. The fourth-order valence-electron chi connectivity index (χ4n) is 2.55. The highest BCUT2D eigenvalue weighted by atomic mass is 16.3. The monoisotopic (exact) mass is 249 g/mol. The Kier molecular flexibility index (Phi) is 3.87. The molecule has 0 radical (unpaired) electrons. The molecule has 0 spiro atoms. The number of hydrogen-bond donors (Lipinski definition) is 2. The molecule has 1 amide bonds. The number of phenols is 1. The maximum Gasteiger partial charge on any atom is 0.254 e. The van der Waals surface area contributed by atoms with Crippen LogP contribution in [0.15, 0.2) is 24.3 Å². The van der Waals surface area contributed by atoms with Gasteiger partial charge < -0.3 is 15.1 Å². The quantitative estimate of drug-likeness (QED) is 0.858. The molecule has 1 fully saturated rings. The van der Waals surface area contributed by atoms with Gasteiger partial charge in [0.15, 0.2) is 0 Å². The zero-order valence-electron chi connectivity index (χ0n) is 10.5. The second-order valence-corrected chi connectivity index (χ2v) is 4.93. The Morgan fingerprint density at radius 3 is 3.00 bits per heavy atom.